The monoisotopic (exact) mass is 382 g/mol. The van der Waals surface area contributed by atoms with Crippen molar-refractivity contribution in [2.45, 2.75) is 84.2 Å². The summed E-state index contributed by atoms with van der Waals surface area (Å²) in [6, 6.07) is 11.8. The second-order valence-corrected chi connectivity index (χ2v) is 11.4. The van der Waals surface area contributed by atoms with Crippen LogP contribution in [0.5, 0.6) is 0 Å². The molecule has 1 aliphatic heterocycles. The van der Waals surface area contributed by atoms with Crippen LogP contribution < -0.4 is 5.32 Å². The van der Waals surface area contributed by atoms with E-state index in [1.54, 1.807) is 0 Å². The zero-order valence-electron chi connectivity index (χ0n) is 18.4. The molecule has 0 radical (unpaired) electrons. The van der Waals surface area contributed by atoms with E-state index in [1.807, 2.05) is 0 Å². The van der Waals surface area contributed by atoms with Gasteiger partial charge >= 0.3 is 0 Å². The van der Waals surface area contributed by atoms with Gasteiger partial charge in [-0.15, -0.1) is 0 Å². The molecule has 3 heteroatoms. The zero-order chi connectivity index (χ0) is 20.2. The van der Waals surface area contributed by atoms with Crippen LogP contribution in [0.3, 0.4) is 0 Å². The number of hydrogen-bond acceptors (Lipinski definition) is 2. The van der Waals surface area contributed by atoms with Crippen molar-refractivity contribution in [2.75, 3.05) is 13.1 Å². The Hall–Kier alpha value is -1.35. The summed E-state index contributed by atoms with van der Waals surface area (Å²) >= 11 is 0. The van der Waals surface area contributed by atoms with Gasteiger partial charge in [-0.05, 0) is 68.3 Å². The largest absolute Gasteiger partial charge is 0.339 e. The number of amides is 1. The van der Waals surface area contributed by atoms with Gasteiger partial charge in [0.1, 0.15) is 0 Å². The van der Waals surface area contributed by atoms with Crippen LogP contribution in [-0.2, 0) is 10.2 Å². The molecule has 1 saturated heterocycles. The van der Waals surface area contributed by atoms with Crippen molar-refractivity contribution in [1.29, 1.82) is 0 Å². The fourth-order valence-electron chi connectivity index (χ4n) is 7.35. The smallest absolute Gasteiger partial charge is 0.228 e. The molecule has 154 valence electrons. The summed E-state index contributed by atoms with van der Waals surface area (Å²) in [5.74, 6) is 1.04. The van der Waals surface area contributed by atoms with E-state index in [1.165, 1.54) is 24.8 Å². The molecule has 1 amide bonds. The number of nitrogens with zero attached hydrogens (tertiary/aromatic N) is 1. The maximum atomic E-state index is 13.8. The minimum atomic E-state index is -0.244. The minimum Gasteiger partial charge on any atom is -0.339 e. The Morgan fingerprint density at radius 2 is 1.61 bits per heavy atom. The SMILES string of the molecule is CC1CN(C(=O)C2(C)CC3CC(C)(C)CC(c4ccccc4)(C3)C2)CC(C)N1. The first-order valence-electron chi connectivity index (χ1n) is 11.2. The van der Waals surface area contributed by atoms with Gasteiger partial charge in [0.2, 0.25) is 5.91 Å². The molecule has 28 heavy (non-hydrogen) atoms. The fraction of sp³-hybridized carbons (Fsp3) is 0.720. The van der Waals surface area contributed by atoms with Crippen LogP contribution in [0.1, 0.15) is 72.3 Å². The molecular formula is C25H38N2O. The lowest BCUT2D eigenvalue weighted by molar-refractivity contribution is -0.150. The standard InChI is InChI=1S/C25H38N2O/c1-18-14-27(15-19(2)26-18)22(28)24(5)12-20-11-23(3,4)16-25(13-20,17-24)21-9-7-6-8-10-21/h6-10,18-20,26H,11-17H2,1-5H3. The van der Waals surface area contributed by atoms with E-state index in [9.17, 15) is 4.79 Å². The molecule has 0 spiro atoms. The predicted molar refractivity (Wildman–Crippen MR) is 115 cm³/mol. The summed E-state index contributed by atoms with van der Waals surface area (Å²) in [6.07, 6.45) is 5.74. The maximum Gasteiger partial charge on any atom is 0.228 e. The van der Waals surface area contributed by atoms with Gasteiger partial charge in [0, 0.05) is 30.6 Å². The van der Waals surface area contributed by atoms with E-state index < -0.39 is 0 Å². The third-order valence-corrected chi connectivity index (χ3v) is 7.55. The lowest BCUT2D eigenvalue weighted by Gasteiger charge is -2.58. The second-order valence-electron chi connectivity index (χ2n) is 11.4. The molecule has 1 aromatic rings. The average molecular weight is 383 g/mol. The fourth-order valence-corrected chi connectivity index (χ4v) is 7.35. The molecule has 2 saturated carbocycles. The van der Waals surface area contributed by atoms with Gasteiger partial charge in [-0.2, -0.15) is 0 Å². The Labute approximate surface area is 171 Å². The van der Waals surface area contributed by atoms with Gasteiger partial charge in [0.15, 0.2) is 0 Å². The van der Waals surface area contributed by atoms with E-state index >= 15 is 0 Å². The lowest BCUT2D eigenvalue weighted by Crippen LogP contribution is -2.60. The third-order valence-electron chi connectivity index (χ3n) is 7.55. The normalized spacial score (nSPS) is 40.2. The van der Waals surface area contributed by atoms with Crippen LogP contribution in [0.4, 0.5) is 0 Å². The topological polar surface area (TPSA) is 32.3 Å². The van der Waals surface area contributed by atoms with Crippen molar-refractivity contribution in [3.8, 4) is 0 Å². The zero-order valence-corrected chi connectivity index (χ0v) is 18.4. The number of carbonyl (C=O) groups excluding carboxylic acids is 1. The van der Waals surface area contributed by atoms with Crippen molar-refractivity contribution in [1.82, 2.24) is 10.2 Å². The van der Waals surface area contributed by atoms with E-state index in [-0.39, 0.29) is 10.8 Å². The van der Waals surface area contributed by atoms with E-state index in [0.29, 0.717) is 29.3 Å². The molecule has 1 aromatic carbocycles. The number of fused-ring (bicyclic) bond motifs is 2. The molecule has 5 unspecified atom stereocenters. The first-order chi connectivity index (χ1) is 13.1. The highest BCUT2D eigenvalue weighted by atomic mass is 16.2. The summed E-state index contributed by atoms with van der Waals surface area (Å²) in [6.45, 7) is 13.2. The summed E-state index contributed by atoms with van der Waals surface area (Å²) in [7, 11) is 0. The Bertz CT molecular complexity index is 719. The molecule has 1 N–H and O–H groups in total. The van der Waals surface area contributed by atoms with Gasteiger partial charge in [0.25, 0.3) is 0 Å². The van der Waals surface area contributed by atoms with Crippen LogP contribution in [-0.4, -0.2) is 36.0 Å². The molecule has 2 aliphatic carbocycles. The summed E-state index contributed by atoms with van der Waals surface area (Å²) in [4.78, 5) is 16.0. The molecule has 1 heterocycles. The quantitative estimate of drug-likeness (QED) is 0.800. The highest BCUT2D eigenvalue weighted by Gasteiger charge is 2.56. The Morgan fingerprint density at radius 1 is 0.964 bits per heavy atom. The maximum absolute atomic E-state index is 13.8. The van der Waals surface area contributed by atoms with Crippen molar-refractivity contribution >= 4 is 5.91 Å². The first-order valence-corrected chi connectivity index (χ1v) is 11.2. The van der Waals surface area contributed by atoms with Crippen molar-refractivity contribution in [3.63, 3.8) is 0 Å². The first kappa shape index (κ1) is 19.9. The average Bonchev–Trinajstić information content (AvgIpc) is 2.59. The number of piperazine rings is 1. The summed E-state index contributed by atoms with van der Waals surface area (Å²) in [5, 5.41) is 3.57. The number of nitrogens with one attached hydrogen (secondary N) is 1. The third kappa shape index (κ3) is 3.63. The molecule has 3 fully saturated rings. The van der Waals surface area contributed by atoms with Crippen molar-refractivity contribution in [3.05, 3.63) is 35.9 Å². The van der Waals surface area contributed by atoms with Gasteiger partial charge in [0.05, 0.1) is 0 Å². The van der Waals surface area contributed by atoms with Gasteiger partial charge < -0.3 is 10.2 Å². The number of hydrogen-bond donors (Lipinski definition) is 1. The van der Waals surface area contributed by atoms with Gasteiger partial charge in [-0.1, -0.05) is 51.1 Å². The van der Waals surface area contributed by atoms with Crippen molar-refractivity contribution in [2.24, 2.45) is 16.7 Å². The summed E-state index contributed by atoms with van der Waals surface area (Å²) in [5.41, 5.74) is 1.70. The van der Waals surface area contributed by atoms with Gasteiger partial charge in [-0.3, -0.25) is 4.79 Å². The highest BCUT2D eigenvalue weighted by Crippen LogP contribution is 2.61. The predicted octanol–water partition coefficient (Wildman–Crippen LogP) is 4.76. The van der Waals surface area contributed by atoms with Crippen LogP contribution in [0.25, 0.3) is 0 Å². The van der Waals surface area contributed by atoms with Gasteiger partial charge in [-0.25, -0.2) is 0 Å². The molecule has 2 bridgehead atoms. The van der Waals surface area contributed by atoms with Crippen LogP contribution >= 0.6 is 0 Å². The highest BCUT2D eigenvalue weighted by molar-refractivity contribution is 5.83. The van der Waals surface area contributed by atoms with E-state index in [4.69, 9.17) is 0 Å². The Morgan fingerprint density at radius 3 is 2.25 bits per heavy atom. The molecule has 3 nitrogen and oxygen atoms in total. The van der Waals surface area contributed by atoms with E-state index in [2.05, 4.69) is 75.2 Å². The summed E-state index contributed by atoms with van der Waals surface area (Å²) < 4.78 is 0. The molecular weight excluding hydrogens is 344 g/mol. The number of benzene rings is 1. The number of rotatable bonds is 2. The minimum absolute atomic E-state index is 0.140. The second kappa shape index (κ2) is 6.86. The van der Waals surface area contributed by atoms with Crippen LogP contribution in [0.15, 0.2) is 30.3 Å². The van der Waals surface area contributed by atoms with Crippen molar-refractivity contribution < 1.29 is 4.79 Å². The number of carbonyl (C=O) groups is 1. The Kier molecular flexibility index (Phi) is 4.89. The van der Waals surface area contributed by atoms with Crippen LogP contribution in [0, 0.1) is 16.7 Å². The molecule has 0 aromatic heterocycles. The van der Waals surface area contributed by atoms with Crippen LogP contribution in [0.2, 0.25) is 0 Å². The molecule has 5 atom stereocenters. The van der Waals surface area contributed by atoms with E-state index in [0.717, 1.165) is 25.9 Å². The lowest BCUT2D eigenvalue weighted by atomic mass is 9.47. The molecule has 3 aliphatic rings. The Balaban J connectivity index is 1.67. The molecule has 4 rings (SSSR count).